The molecule has 5 heteroatoms. The van der Waals surface area contributed by atoms with Gasteiger partial charge in [-0.2, -0.15) is 0 Å². The van der Waals surface area contributed by atoms with Gasteiger partial charge in [0.1, 0.15) is 0 Å². The van der Waals surface area contributed by atoms with Gasteiger partial charge >= 0.3 is 277 Å². The first-order valence-electron chi connectivity index (χ1n) is 14.6. The van der Waals surface area contributed by atoms with Crippen molar-refractivity contribution in [3.05, 3.63) is 145 Å². The van der Waals surface area contributed by atoms with E-state index in [0.717, 1.165) is 33.2 Å². The van der Waals surface area contributed by atoms with Crippen molar-refractivity contribution in [1.82, 2.24) is 0 Å². The van der Waals surface area contributed by atoms with Crippen LogP contribution in [0.3, 0.4) is 0 Å². The molecule has 2 aliphatic rings. The summed E-state index contributed by atoms with van der Waals surface area (Å²) in [6.45, 7) is 13.9. The van der Waals surface area contributed by atoms with Gasteiger partial charge in [-0.3, -0.25) is 0 Å². The second kappa shape index (κ2) is 13.1. The zero-order chi connectivity index (χ0) is 30.0. The largest absolute Gasteiger partial charge is 1.00 e. The third-order valence-corrected chi connectivity index (χ3v) is 10.1. The van der Waals surface area contributed by atoms with Gasteiger partial charge in [-0.25, -0.2) is 0 Å². The average molecular weight is 737 g/mol. The molecule has 0 heterocycles. The zero-order valence-electron chi connectivity index (χ0n) is 25.9. The second-order valence-corrected chi connectivity index (χ2v) is 15.6. The van der Waals surface area contributed by atoms with Crippen LogP contribution in [0.4, 0.5) is 0 Å². The summed E-state index contributed by atoms with van der Waals surface area (Å²) in [5.41, 5.74) is 12.9. The average Bonchev–Trinajstić information content (AvgIpc) is 3.54. The summed E-state index contributed by atoms with van der Waals surface area (Å²) in [6.07, 6.45) is 7.75. The Labute approximate surface area is 299 Å². The Morgan fingerprint density at radius 3 is 1.82 bits per heavy atom. The number of benzene rings is 4. The smallest absolute Gasteiger partial charge is 1.00 e. The van der Waals surface area contributed by atoms with Crippen LogP contribution in [-0.4, -0.2) is 0 Å². The van der Waals surface area contributed by atoms with Gasteiger partial charge in [0.15, 0.2) is 0 Å². The van der Waals surface area contributed by atoms with Gasteiger partial charge in [0.25, 0.3) is 0 Å². The summed E-state index contributed by atoms with van der Waals surface area (Å²) in [4.78, 5) is 0. The summed E-state index contributed by atoms with van der Waals surface area (Å²) in [5.74, 6) is 0. The second-order valence-electron chi connectivity index (χ2n) is 13.5. The Hall–Kier alpha value is -1.86. The molecule has 0 spiro atoms. The minimum Gasteiger partial charge on any atom is -1.00 e. The van der Waals surface area contributed by atoms with Crippen molar-refractivity contribution in [2.75, 3.05) is 0 Å². The summed E-state index contributed by atoms with van der Waals surface area (Å²) in [6, 6.07) is 26.1. The normalized spacial score (nSPS) is 13.6. The summed E-state index contributed by atoms with van der Waals surface area (Å²) in [5, 5.41) is 4.10. The van der Waals surface area contributed by atoms with Crippen molar-refractivity contribution in [2.45, 2.75) is 58.8 Å². The van der Waals surface area contributed by atoms with Gasteiger partial charge in [0.05, 0.1) is 0 Å². The molecule has 0 aliphatic heterocycles. The molecule has 0 radical (unpaired) electrons. The maximum atomic E-state index is 6.63. The number of hydrogen-bond acceptors (Lipinski definition) is 0. The fourth-order valence-electron chi connectivity index (χ4n) is 6.44. The van der Waals surface area contributed by atoms with Crippen LogP contribution in [0, 0.1) is 0 Å². The molecule has 0 aromatic heterocycles. The fourth-order valence-corrected chi connectivity index (χ4v) is 7.97. The first kappa shape index (κ1) is 35.0. The van der Waals surface area contributed by atoms with E-state index in [1.165, 1.54) is 77.4 Å². The molecule has 4 aromatic rings. The van der Waals surface area contributed by atoms with E-state index in [-0.39, 0.29) is 35.6 Å². The standard InChI is InChI=1S/C39H35Cl2.2ClH.Zr/c1-38(2,3)28-17-18-31-27(19-28)22-33-32(31)23-34(37(39(4,5)6)36(33)24-11-7-8-12-24)35(25-13-9-15-29(40)20-25)26-14-10-16-30(41)21-26;;;/h7-11,13-21,23H,12H2,1-6H3;2*1H;/q;;;+2/p-2. The Morgan fingerprint density at radius 1 is 0.705 bits per heavy atom. The van der Waals surface area contributed by atoms with Crippen molar-refractivity contribution in [1.29, 1.82) is 0 Å². The summed E-state index contributed by atoms with van der Waals surface area (Å²) in [7, 11) is 0. The molecular formula is C39H35Cl4Zr. The molecule has 0 N–H and O–H groups in total. The van der Waals surface area contributed by atoms with Crippen LogP contribution < -0.4 is 35.3 Å². The molecule has 0 nitrogen and oxygen atoms in total. The van der Waals surface area contributed by atoms with Crippen LogP contribution in [0.15, 0.2) is 91.0 Å². The van der Waals surface area contributed by atoms with Gasteiger partial charge in [-0.05, 0) is 0 Å². The molecule has 0 atom stereocenters. The maximum Gasteiger partial charge on any atom is -1.00 e. The third kappa shape index (κ3) is 6.39. The Kier molecular flexibility index (Phi) is 10.4. The van der Waals surface area contributed by atoms with Crippen molar-refractivity contribution < 1.29 is 49.5 Å². The monoisotopic (exact) mass is 733 g/mol. The number of rotatable bonds is 3. The molecular weight excluding hydrogens is 701 g/mol. The molecule has 4 aromatic carbocycles. The fraction of sp³-hybridized carbons (Fsp3) is 0.231. The molecule has 0 fully saturated rings. The van der Waals surface area contributed by atoms with Crippen LogP contribution in [0.2, 0.25) is 10.0 Å². The topological polar surface area (TPSA) is 0 Å². The molecule has 0 unspecified atom stereocenters. The van der Waals surface area contributed by atoms with Crippen molar-refractivity contribution in [2.24, 2.45) is 0 Å². The number of hydrogen-bond donors (Lipinski definition) is 0. The van der Waals surface area contributed by atoms with Crippen LogP contribution in [0.5, 0.6) is 0 Å². The van der Waals surface area contributed by atoms with Gasteiger partial charge in [-0.15, -0.1) is 0 Å². The number of allylic oxidation sites excluding steroid dienone is 4. The Bertz CT molecular complexity index is 1900. The molecule has 0 saturated carbocycles. The predicted molar refractivity (Wildman–Crippen MR) is 177 cm³/mol. The Morgan fingerprint density at radius 2 is 1.32 bits per heavy atom. The molecule has 44 heavy (non-hydrogen) atoms. The van der Waals surface area contributed by atoms with Gasteiger partial charge in [0, 0.05) is 0 Å². The third-order valence-electron chi connectivity index (χ3n) is 8.36. The van der Waals surface area contributed by atoms with Gasteiger partial charge in [-0.1, -0.05) is 0 Å². The van der Waals surface area contributed by atoms with E-state index in [0.29, 0.717) is 0 Å². The van der Waals surface area contributed by atoms with E-state index in [2.05, 4.69) is 108 Å². The van der Waals surface area contributed by atoms with Crippen molar-refractivity contribution >= 4 is 37.6 Å². The minimum absolute atomic E-state index is 0. The molecule has 0 amide bonds. The van der Waals surface area contributed by atoms with E-state index in [4.69, 9.17) is 23.2 Å². The number of halogens is 4. The van der Waals surface area contributed by atoms with Crippen LogP contribution in [0.1, 0.15) is 81.3 Å². The molecule has 6 rings (SSSR count). The van der Waals surface area contributed by atoms with Gasteiger partial charge < -0.3 is 24.8 Å². The molecule has 223 valence electrons. The first-order valence-corrected chi connectivity index (χ1v) is 16.5. The zero-order valence-corrected chi connectivity index (χ0v) is 31.4. The predicted octanol–water partition coefficient (Wildman–Crippen LogP) is 3.87. The summed E-state index contributed by atoms with van der Waals surface area (Å²) >= 11 is 14.7. The van der Waals surface area contributed by atoms with E-state index in [1.807, 2.05) is 24.3 Å². The molecule has 0 saturated heterocycles. The van der Waals surface area contributed by atoms with E-state index >= 15 is 0 Å². The molecule has 0 bridgehead atoms. The van der Waals surface area contributed by atoms with E-state index in [1.54, 1.807) is 0 Å². The SMILES string of the molecule is CC(C)(C)c1ccc2c(c1)[C]([Zr+2])=c1c-2cc(=C(c2cccc(Cl)c2)c2cccc(Cl)c2)c(C(C)(C)C)c1C1=CC=CC1.[Cl-].[Cl-]. The Balaban J connectivity index is 0.00000221. The van der Waals surface area contributed by atoms with Crippen LogP contribution in [-0.2, 0) is 35.5 Å². The minimum atomic E-state index is -0.132. The first-order chi connectivity index (χ1) is 19.8. The van der Waals surface area contributed by atoms with Crippen molar-refractivity contribution in [3.63, 3.8) is 0 Å². The maximum absolute atomic E-state index is 6.63. The van der Waals surface area contributed by atoms with Crippen molar-refractivity contribution in [3.8, 4) is 11.1 Å². The quantitative estimate of drug-likeness (QED) is 0.300. The van der Waals surface area contributed by atoms with Gasteiger partial charge in [0.2, 0.25) is 0 Å². The number of fused-ring (bicyclic) bond motifs is 3. The van der Waals surface area contributed by atoms with E-state index < -0.39 is 0 Å². The van der Waals surface area contributed by atoms with Crippen LogP contribution in [0.25, 0.3) is 25.6 Å². The summed E-state index contributed by atoms with van der Waals surface area (Å²) < 4.78 is 1.45. The molecule has 2 aliphatic carbocycles. The van der Waals surface area contributed by atoms with E-state index in [9.17, 15) is 0 Å². The van der Waals surface area contributed by atoms with Crippen LogP contribution >= 0.6 is 23.2 Å².